The van der Waals surface area contributed by atoms with Gasteiger partial charge in [0.15, 0.2) is 9.84 Å². The van der Waals surface area contributed by atoms with E-state index in [0.717, 1.165) is 5.56 Å². The first-order chi connectivity index (χ1) is 14.6. The molecular weight excluding hydrogens is 488 g/mol. The molecule has 0 aliphatic carbocycles. The molecular formula is C21H23BrN2O6S. The topological polar surface area (TPSA) is 102 Å². The van der Waals surface area contributed by atoms with Gasteiger partial charge in [0, 0.05) is 53.9 Å². The number of sulfone groups is 1. The second-order valence-electron chi connectivity index (χ2n) is 7.05. The molecule has 0 bridgehead atoms. The van der Waals surface area contributed by atoms with Crippen LogP contribution in [0.3, 0.4) is 0 Å². The summed E-state index contributed by atoms with van der Waals surface area (Å²) in [5, 5.41) is 2.67. The number of hydrogen-bond acceptors (Lipinski definition) is 6. The van der Waals surface area contributed by atoms with Crippen molar-refractivity contribution in [2.75, 3.05) is 36.7 Å². The number of methoxy groups -OCH3 is 2. The molecule has 3 rings (SSSR count). The normalized spacial score (nSPS) is 13.0. The second kappa shape index (κ2) is 9.27. The first kappa shape index (κ1) is 23.1. The van der Waals surface area contributed by atoms with Crippen molar-refractivity contribution in [1.29, 1.82) is 0 Å². The number of halogens is 1. The van der Waals surface area contributed by atoms with Crippen molar-refractivity contribution in [3.8, 4) is 11.5 Å². The molecule has 0 unspecified atom stereocenters. The van der Waals surface area contributed by atoms with Gasteiger partial charge in [-0.25, -0.2) is 8.42 Å². The van der Waals surface area contributed by atoms with Gasteiger partial charge in [-0.1, -0.05) is 0 Å². The summed E-state index contributed by atoms with van der Waals surface area (Å²) < 4.78 is 36.6. The number of hydrogen-bond donors (Lipinski definition) is 1. The molecule has 8 nitrogen and oxygen atoms in total. The van der Waals surface area contributed by atoms with Crippen LogP contribution in [0, 0.1) is 0 Å². The maximum atomic E-state index is 12.9. The highest BCUT2D eigenvalue weighted by molar-refractivity contribution is 9.10. The van der Waals surface area contributed by atoms with E-state index >= 15 is 0 Å². The maximum Gasteiger partial charge on any atom is 0.225 e. The van der Waals surface area contributed by atoms with E-state index in [4.69, 9.17) is 9.47 Å². The Labute approximate surface area is 189 Å². The lowest BCUT2D eigenvalue weighted by Gasteiger charge is -2.16. The number of rotatable bonds is 7. The Kier molecular flexibility index (Phi) is 6.90. The van der Waals surface area contributed by atoms with E-state index in [2.05, 4.69) is 21.2 Å². The molecule has 0 radical (unpaired) electrons. The summed E-state index contributed by atoms with van der Waals surface area (Å²) in [6, 6.07) is 8.13. The number of carbonyl (C=O) groups is 2. The minimum absolute atomic E-state index is 0.0650. The molecule has 0 aromatic heterocycles. The zero-order chi connectivity index (χ0) is 22.8. The second-order valence-corrected chi connectivity index (χ2v) is 9.98. The van der Waals surface area contributed by atoms with Crippen LogP contribution in [-0.4, -0.2) is 46.7 Å². The molecule has 2 amide bonds. The summed E-state index contributed by atoms with van der Waals surface area (Å²) in [6.45, 7) is 1.97. The summed E-state index contributed by atoms with van der Waals surface area (Å²) in [5.41, 5.74) is 1.95. The lowest BCUT2D eigenvalue weighted by molar-refractivity contribution is -0.117. The average Bonchev–Trinajstić information content (AvgIpc) is 3.14. The fourth-order valence-electron chi connectivity index (χ4n) is 3.39. The minimum Gasteiger partial charge on any atom is -0.497 e. The van der Waals surface area contributed by atoms with Crippen LogP contribution in [0.4, 0.5) is 11.4 Å². The van der Waals surface area contributed by atoms with Crippen molar-refractivity contribution in [3.63, 3.8) is 0 Å². The highest BCUT2D eigenvalue weighted by atomic mass is 79.9. The van der Waals surface area contributed by atoms with Gasteiger partial charge in [-0.3, -0.25) is 9.59 Å². The van der Waals surface area contributed by atoms with Crippen molar-refractivity contribution >= 4 is 49.0 Å². The predicted octanol–water partition coefficient (Wildman–Crippen LogP) is 3.18. The Balaban J connectivity index is 1.74. The molecule has 1 N–H and O–H groups in total. The molecule has 166 valence electrons. The molecule has 0 saturated heterocycles. The molecule has 0 atom stereocenters. The number of benzene rings is 2. The van der Waals surface area contributed by atoms with Crippen LogP contribution in [0.5, 0.6) is 11.5 Å². The highest BCUT2D eigenvalue weighted by Crippen LogP contribution is 2.36. The average molecular weight is 511 g/mol. The van der Waals surface area contributed by atoms with Crippen molar-refractivity contribution in [2.45, 2.75) is 24.7 Å². The Hall–Kier alpha value is -2.59. The van der Waals surface area contributed by atoms with E-state index in [1.54, 1.807) is 29.2 Å². The molecule has 1 aliphatic heterocycles. The Morgan fingerprint density at radius 1 is 1.10 bits per heavy atom. The summed E-state index contributed by atoms with van der Waals surface area (Å²) in [6.07, 6.45) is 0.433. The lowest BCUT2D eigenvalue weighted by Crippen LogP contribution is -2.26. The molecule has 1 heterocycles. The van der Waals surface area contributed by atoms with Gasteiger partial charge in [-0.05, 0) is 40.0 Å². The number of fused-ring (bicyclic) bond motifs is 1. The lowest BCUT2D eigenvalue weighted by atomic mass is 10.2. The highest BCUT2D eigenvalue weighted by Gasteiger charge is 2.27. The van der Waals surface area contributed by atoms with Gasteiger partial charge >= 0.3 is 0 Å². The van der Waals surface area contributed by atoms with Gasteiger partial charge in [-0.2, -0.15) is 0 Å². The van der Waals surface area contributed by atoms with Crippen LogP contribution in [0.1, 0.15) is 18.9 Å². The first-order valence-electron chi connectivity index (χ1n) is 9.51. The summed E-state index contributed by atoms with van der Waals surface area (Å²) in [5.74, 6) is 0.0231. The van der Waals surface area contributed by atoms with Crippen molar-refractivity contribution in [3.05, 3.63) is 40.4 Å². The largest absolute Gasteiger partial charge is 0.497 e. The molecule has 2 aromatic rings. The van der Waals surface area contributed by atoms with Crippen molar-refractivity contribution < 1.29 is 27.5 Å². The SMILES string of the molecule is COc1cc(NC(=O)CCS(=O)(=O)c2cc3c(cc2Br)CCN3C(C)=O)cc(OC)c1. The molecule has 0 saturated carbocycles. The van der Waals surface area contributed by atoms with Crippen LogP contribution in [0.2, 0.25) is 0 Å². The maximum absolute atomic E-state index is 12.9. The third-order valence-electron chi connectivity index (χ3n) is 4.98. The minimum atomic E-state index is -3.77. The molecule has 2 aromatic carbocycles. The molecule has 1 aliphatic rings. The van der Waals surface area contributed by atoms with Gasteiger partial charge in [-0.15, -0.1) is 0 Å². The third kappa shape index (κ3) is 5.19. The van der Waals surface area contributed by atoms with Gasteiger partial charge in [0.2, 0.25) is 11.8 Å². The predicted molar refractivity (Wildman–Crippen MR) is 121 cm³/mol. The van der Waals surface area contributed by atoms with E-state index in [-0.39, 0.29) is 23.0 Å². The summed E-state index contributed by atoms with van der Waals surface area (Å²) in [4.78, 5) is 25.8. The standard InChI is InChI=1S/C21H23BrN2O6S/c1-13(25)24-6-4-14-8-18(22)20(12-19(14)24)31(27,28)7-5-21(26)23-15-9-16(29-2)11-17(10-15)30-3/h8-12H,4-7H2,1-3H3,(H,23,26). The van der Waals surface area contributed by atoms with Crippen molar-refractivity contribution in [2.24, 2.45) is 0 Å². The fourth-order valence-corrected chi connectivity index (χ4v) is 5.85. The molecule has 0 fully saturated rings. The van der Waals surface area contributed by atoms with Crippen LogP contribution < -0.4 is 19.7 Å². The van der Waals surface area contributed by atoms with Crippen LogP contribution >= 0.6 is 15.9 Å². The zero-order valence-corrected chi connectivity index (χ0v) is 19.8. The Bertz CT molecular complexity index is 1110. The first-order valence-corrected chi connectivity index (χ1v) is 12.0. The summed E-state index contributed by atoms with van der Waals surface area (Å²) >= 11 is 3.32. The molecule has 10 heteroatoms. The van der Waals surface area contributed by atoms with Crippen LogP contribution in [0.25, 0.3) is 0 Å². The quantitative estimate of drug-likeness (QED) is 0.613. The zero-order valence-electron chi connectivity index (χ0n) is 17.4. The monoisotopic (exact) mass is 510 g/mol. The number of carbonyl (C=O) groups excluding carboxylic acids is 2. The molecule has 31 heavy (non-hydrogen) atoms. The molecule has 0 spiro atoms. The fraction of sp³-hybridized carbons (Fsp3) is 0.333. The number of ether oxygens (including phenoxy) is 2. The van der Waals surface area contributed by atoms with E-state index in [9.17, 15) is 18.0 Å². The van der Waals surface area contributed by atoms with Gasteiger partial charge in [0.05, 0.1) is 24.9 Å². The number of nitrogens with zero attached hydrogens (tertiary/aromatic N) is 1. The number of anilines is 2. The van der Waals surface area contributed by atoms with E-state index in [1.165, 1.54) is 27.2 Å². The third-order valence-corrected chi connectivity index (χ3v) is 7.64. The van der Waals surface area contributed by atoms with E-state index in [1.807, 2.05) is 0 Å². The number of nitrogens with one attached hydrogen (secondary N) is 1. The van der Waals surface area contributed by atoms with E-state index < -0.39 is 15.7 Å². The van der Waals surface area contributed by atoms with Crippen molar-refractivity contribution in [1.82, 2.24) is 0 Å². The van der Waals surface area contributed by atoms with Gasteiger partial charge < -0.3 is 19.7 Å². The van der Waals surface area contributed by atoms with Crippen LogP contribution in [0.15, 0.2) is 39.7 Å². The number of amides is 2. The van der Waals surface area contributed by atoms with E-state index in [0.29, 0.717) is 40.3 Å². The Morgan fingerprint density at radius 2 is 1.74 bits per heavy atom. The van der Waals surface area contributed by atoms with Gasteiger partial charge in [0.1, 0.15) is 11.5 Å². The van der Waals surface area contributed by atoms with Crippen LogP contribution in [-0.2, 0) is 25.8 Å². The Morgan fingerprint density at radius 3 is 2.32 bits per heavy atom. The summed E-state index contributed by atoms with van der Waals surface area (Å²) in [7, 11) is -0.780. The smallest absolute Gasteiger partial charge is 0.225 e. The van der Waals surface area contributed by atoms with Gasteiger partial charge in [0.25, 0.3) is 0 Å².